The first kappa shape index (κ1) is 12.4. The summed E-state index contributed by atoms with van der Waals surface area (Å²) in [7, 11) is 1.91. The van der Waals surface area contributed by atoms with Crippen LogP contribution in [0.4, 0.5) is 5.69 Å². The molecule has 0 radical (unpaired) electrons. The van der Waals surface area contributed by atoms with Crippen molar-refractivity contribution >= 4 is 16.6 Å². The maximum atomic E-state index is 10.7. The molecule has 0 saturated carbocycles. The maximum Gasteiger partial charge on any atom is 0.270 e. The van der Waals surface area contributed by atoms with E-state index in [-0.39, 0.29) is 5.69 Å². The first-order valence-corrected chi connectivity index (χ1v) is 5.81. The number of hydrogen-bond acceptors (Lipinski definition) is 4. The van der Waals surface area contributed by atoms with Gasteiger partial charge in [-0.15, -0.1) is 0 Å². The molecule has 0 aliphatic heterocycles. The van der Waals surface area contributed by atoms with E-state index in [1.807, 2.05) is 19.2 Å². The molecule has 5 nitrogen and oxygen atoms in total. The highest BCUT2D eigenvalue weighted by Gasteiger charge is 2.08. The zero-order valence-electron chi connectivity index (χ0n) is 10.4. The highest BCUT2D eigenvalue weighted by molar-refractivity contribution is 5.81. The molecule has 0 aliphatic rings. The number of pyridine rings is 1. The Balaban J connectivity index is 2.35. The van der Waals surface area contributed by atoms with E-state index in [4.69, 9.17) is 0 Å². The standard InChI is InChI=1S/C13H15N3O2/c1-9(14-2)7-11-4-3-10-8-12(16(17)18)5-6-13(10)15-11/h3-6,8-9,14H,7H2,1-2H3. The molecule has 5 heteroatoms. The summed E-state index contributed by atoms with van der Waals surface area (Å²) in [4.78, 5) is 14.8. The number of hydrogen-bond donors (Lipinski definition) is 1. The molecule has 1 atom stereocenters. The Kier molecular flexibility index (Phi) is 3.53. The number of nitrogens with zero attached hydrogens (tertiary/aromatic N) is 2. The lowest BCUT2D eigenvalue weighted by Gasteiger charge is -2.09. The monoisotopic (exact) mass is 245 g/mol. The second kappa shape index (κ2) is 5.10. The first-order valence-electron chi connectivity index (χ1n) is 5.81. The minimum atomic E-state index is -0.392. The second-order valence-electron chi connectivity index (χ2n) is 4.33. The van der Waals surface area contributed by atoms with Crippen molar-refractivity contribution in [2.45, 2.75) is 19.4 Å². The quantitative estimate of drug-likeness (QED) is 0.663. The van der Waals surface area contributed by atoms with Crippen LogP contribution in [0.25, 0.3) is 10.9 Å². The first-order chi connectivity index (χ1) is 8.60. The van der Waals surface area contributed by atoms with Crippen LogP contribution in [-0.2, 0) is 6.42 Å². The molecule has 0 amide bonds. The molecule has 0 saturated heterocycles. The molecule has 0 fully saturated rings. The third kappa shape index (κ3) is 2.62. The molecular formula is C13H15N3O2. The Morgan fingerprint density at radius 1 is 1.39 bits per heavy atom. The summed E-state index contributed by atoms with van der Waals surface area (Å²) in [6.07, 6.45) is 0.837. The molecule has 1 heterocycles. The summed E-state index contributed by atoms with van der Waals surface area (Å²) in [5.74, 6) is 0. The van der Waals surface area contributed by atoms with Crippen LogP contribution >= 0.6 is 0 Å². The van der Waals surface area contributed by atoms with Crippen molar-refractivity contribution in [3.05, 3.63) is 46.1 Å². The lowest BCUT2D eigenvalue weighted by molar-refractivity contribution is -0.384. The Morgan fingerprint density at radius 3 is 2.83 bits per heavy atom. The molecule has 1 aromatic heterocycles. The zero-order valence-corrected chi connectivity index (χ0v) is 10.4. The van der Waals surface area contributed by atoms with Crippen molar-refractivity contribution in [1.82, 2.24) is 10.3 Å². The molecule has 1 unspecified atom stereocenters. The van der Waals surface area contributed by atoms with Crippen LogP contribution in [0.3, 0.4) is 0 Å². The normalized spacial score (nSPS) is 12.6. The Bertz CT molecular complexity index is 583. The number of likely N-dealkylation sites (N-methyl/N-ethyl adjacent to an activating group) is 1. The molecule has 0 bridgehead atoms. The molecule has 1 aromatic carbocycles. The molecular weight excluding hydrogens is 230 g/mol. The van der Waals surface area contributed by atoms with E-state index in [0.717, 1.165) is 23.0 Å². The minimum absolute atomic E-state index is 0.0978. The molecule has 18 heavy (non-hydrogen) atoms. The Labute approximate surface area is 105 Å². The molecule has 2 rings (SSSR count). The van der Waals surface area contributed by atoms with Gasteiger partial charge in [0.15, 0.2) is 0 Å². The lowest BCUT2D eigenvalue weighted by atomic mass is 10.1. The van der Waals surface area contributed by atoms with Gasteiger partial charge in [0.25, 0.3) is 5.69 Å². The van der Waals surface area contributed by atoms with Gasteiger partial charge in [0.05, 0.1) is 10.4 Å². The van der Waals surface area contributed by atoms with Gasteiger partial charge >= 0.3 is 0 Å². The number of benzene rings is 1. The summed E-state index contributed by atoms with van der Waals surface area (Å²) in [6.45, 7) is 2.09. The number of nitrogens with one attached hydrogen (secondary N) is 1. The number of non-ortho nitro benzene ring substituents is 1. The van der Waals surface area contributed by atoms with Crippen molar-refractivity contribution in [1.29, 1.82) is 0 Å². The SMILES string of the molecule is CNC(C)Cc1ccc2cc([N+](=O)[O-])ccc2n1. The highest BCUT2D eigenvalue weighted by atomic mass is 16.6. The average Bonchev–Trinajstić information content (AvgIpc) is 2.37. The minimum Gasteiger partial charge on any atom is -0.317 e. The van der Waals surface area contributed by atoms with Crippen LogP contribution in [0.15, 0.2) is 30.3 Å². The van der Waals surface area contributed by atoms with Gasteiger partial charge in [-0.2, -0.15) is 0 Å². The third-order valence-corrected chi connectivity index (χ3v) is 2.95. The fraction of sp³-hybridized carbons (Fsp3) is 0.308. The predicted molar refractivity (Wildman–Crippen MR) is 70.6 cm³/mol. The van der Waals surface area contributed by atoms with Gasteiger partial charge in [-0.05, 0) is 26.1 Å². The van der Waals surface area contributed by atoms with E-state index >= 15 is 0 Å². The largest absolute Gasteiger partial charge is 0.317 e. The van der Waals surface area contributed by atoms with Gasteiger partial charge in [-0.3, -0.25) is 15.1 Å². The lowest BCUT2D eigenvalue weighted by Crippen LogP contribution is -2.23. The van der Waals surface area contributed by atoms with Crippen molar-refractivity contribution < 1.29 is 4.92 Å². The average molecular weight is 245 g/mol. The Hall–Kier alpha value is -2.01. The molecule has 0 aliphatic carbocycles. The molecule has 1 N–H and O–H groups in total. The van der Waals surface area contributed by atoms with E-state index in [1.54, 1.807) is 12.1 Å². The highest BCUT2D eigenvalue weighted by Crippen LogP contribution is 2.20. The van der Waals surface area contributed by atoms with E-state index in [9.17, 15) is 10.1 Å². The van der Waals surface area contributed by atoms with Crippen LogP contribution in [0, 0.1) is 10.1 Å². The number of fused-ring (bicyclic) bond motifs is 1. The third-order valence-electron chi connectivity index (χ3n) is 2.95. The zero-order chi connectivity index (χ0) is 13.1. The van der Waals surface area contributed by atoms with Crippen LogP contribution in [0.2, 0.25) is 0 Å². The Morgan fingerprint density at radius 2 is 2.17 bits per heavy atom. The van der Waals surface area contributed by atoms with Gasteiger partial charge in [0.1, 0.15) is 0 Å². The second-order valence-corrected chi connectivity index (χ2v) is 4.33. The summed E-state index contributed by atoms with van der Waals surface area (Å²) in [6, 6.07) is 8.88. The fourth-order valence-electron chi connectivity index (χ4n) is 1.80. The molecule has 94 valence electrons. The molecule has 0 spiro atoms. The van der Waals surface area contributed by atoms with Crippen molar-refractivity contribution in [3.63, 3.8) is 0 Å². The summed E-state index contributed by atoms with van der Waals surface area (Å²) in [5, 5.41) is 14.6. The summed E-state index contributed by atoms with van der Waals surface area (Å²) >= 11 is 0. The maximum absolute atomic E-state index is 10.7. The van der Waals surface area contributed by atoms with Crippen LogP contribution < -0.4 is 5.32 Å². The van der Waals surface area contributed by atoms with E-state index in [1.165, 1.54) is 6.07 Å². The van der Waals surface area contributed by atoms with Crippen molar-refractivity contribution in [2.24, 2.45) is 0 Å². The molecule has 2 aromatic rings. The van der Waals surface area contributed by atoms with E-state index in [0.29, 0.717) is 6.04 Å². The summed E-state index contributed by atoms with van der Waals surface area (Å²) in [5.41, 5.74) is 1.88. The fourth-order valence-corrected chi connectivity index (χ4v) is 1.80. The van der Waals surface area contributed by atoms with Gasteiger partial charge in [-0.1, -0.05) is 6.07 Å². The van der Waals surface area contributed by atoms with Gasteiger partial charge in [0.2, 0.25) is 0 Å². The van der Waals surface area contributed by atoms with Crippen LogP contribution in [0.1, 0.15) is 12.6 Å². The van der Waals surface area contributed by atoms with Crippen molar-refractivity contribution in [2.75, 3.05) is 7.05 Å². The van der Waals surface area contributed by atoms with Gasteiger partial charge in [0, 0.05) is 35.7 Å². The van der Waals surface area contributed by atoms with Gasteiger partial charge in [-0.25, -0.2) is 0 Å². The van der Waals surface area contributed by atoms with Crippen LogP contribution in [0.5, 0.6) is 0 Å². The van der Waals surface area contributed by atoms with Crippen LogP contribution in [-0.4, -0.2) is 23.0 Å². The number of rotatable bonds is 4. The van der Waals surface area contributed by atoms with Gasteiger partial charge < -0.3 is 5.32 Å². The summed E-state index contributed by atoms with van der Waals surface area (Å²) < 4.78 is 0. The number of nitro groups is 1. The predicted octanol–water partition coefficient (Wildman–Crippen LogP) is 2.29. The number of aromatic nitrogens is 1. The van der Waals surface area contributed by atoms with E-state index in [2.05, 4.69) is 17.2 Å². The number of nitro benzene ring substituents is 1. The topological polar surface area (TPSA) is 68.1 Å². The van der Waals surface area contributed by atoms with E-state index < -0.39 is 4.92 Å². The van der Waals surface area contributed by atoms with Crippen molar-refractivity contribution in [3.8, 4) is 0 Å². The smallest absolute Gasteiger partial charge is 0.270 e.